The Labute approximate surface area is 95.7 Å². The molecule has 0 heterocycles. The maximum atomic E-state index is 10.6. The molecule has 1 rings (SSSR count). The maximum absolute atomic E-state index is 10.6. The zero-order valence-corrected chi connectivity index (χ0v) is 9.90. The predicted octanol–water partition coefficient (Wildman–Crippen LogP) is 1.56. The molecular weight excluding hydrogens is 204 g/mol. The van der Waals surface area contributed by atoms with Crippen LogP contribution in [0, 0.1) is 0 Å². The quantitative estimate of drug-likeness (QED) is 0.760. The zero-order valence-electron chi connectivity index (χ0n) is 9.90. The SMILES string of the molecule is CC(C)(O)C(C)(O)Cc1cccc(C=O)c1. The van der Waals surface area contributed by atoms with Crippen LogP contribution < -0.4 is 0 Å². The lowest BCUT2D eigenvalue weighted by Crippen LogP contribution is -2.49. The number of hydrogen-bond acceptors (Lipinski definition) is 3. The van der Waals surface area contributed by atoms with Crippen molar-refractivity contribution in [2.24, 2.45) is 0 Å². The second kappa shape index (κ2) is 4.36. The van der Waals surface area contributed by atoms with E-state index in [2.05, 4.69) is 0 Å². The average Bonchev–Trinajstić information content (AvgIpc) is 2.15. The van der Waals surface area contributed by atoms with Crippen LogP contribution in [-0.2, 0) is 6.42 Å². The van der Waals surface area contributed by atoms with Crippen molar-refractivity contribution in [3.05, 3.63) is 35.4 Å². The summed E-state index contributed by atoms with van der Waals surface area (Å²) in [7, 11) is 0. The smallest absolute Gasteiger partial charge is 0.150 e. The molecule has 2 N–H and O–H groups in total. The molecule has 1 unspecified atom stereocenters. The van der Waals surface area contributed by atoms with Crippen LogP contribution in [0.25, 0.3) is 0 Å². The van der Waals surface area contributed by atoms with E-state index in [0.717, 1.165) is 11.8 Å². The fourth-order valence-corrected chi connectivity index (χ4v) is 1.39. The summed E-state index contributed by atoms with van der Waals surface area (Å²) in [5.74, 6) is 0. The fourth-order valence-electron chi connectivity index (χ4n) is 1.39. The van der Waals surface area contributed by atoms with Gasteiger partial charge in [0.1, 0.15) is 6.29 Å². The summed E-state index contributed by atoms with van der Waals surface area (Å²) in [6.07, 6.45) is 1.07. The van der Waals surface area contributed by atoms with E-state index in [4.69, 9.17) is 0 Å². The Hall–Kier alpha value is -1.19. The van der Waals surface area contributed by atoms with Crippen molar-refractivity contribution in [2.45, 2.75) is 38.4 Å². The Morgan fingerprint density at radius 1 is 1.25 bits per heavy atom. The largest absolute Gasteiger partial charge is 0.387 e. The second-order valence-corrected chi connectivity index (χ2v) is 4.87. The molecule has 0 bridgehead atoms. The molecule has 0 aromatic heterocycles. The highest BCUT2D eigenvalue weighted by atomic mass is 16.3. The van der Waals surface area contributed by atoms with Gasteiger partial charge in [0.15, 0.2) is 0 Å². The third kappa shape index (κ3) is 2.90. The van der Waals surface area contributed by atoms with Gasteiger partial charge in [0, 0.05) is 12.0 Å². The zero-order chi connectivity index (χ0) is 12.4. The van der Waals surface area contributed by atoms with Gasteiger partial charge in [-0.2, -0.15) is 0 Å². The molecule has 0 radical (unpaired) electrons. The summed E-state index contributed by atoms with van der Waals surface area (Å²) in [6.45, 7) is 4.72. The van der Waals surface area contributed by atoms with Crippen molar-refractivity contribution in [3.63, 3.8) is 0 Å². The van der Waals surface area contributed by atoms with Crippen LogP contribution in [0.2, 0.25) is 0 Å². The summed E-state index contributed by atoms with van der Waals surface area (Å²) >= 11 is 0. The highest BCUT2D eigenvalue weighted by Gasteiger charge is 2.37. The Bertz CT molecular complexity index is 375. The summed E-state index contributed by atoms with van der Waals surface area (Å²) < 4.78 is 0. The highest BCUT2D eigenvalue weighted by molar-refractivity contribution is 5.74. The van der Waals surface area contributed by atoms with Crippen LogP contribution in [-0.4, -0.2) is 27.7 Å². The third-order valence-corrected chi connectivity index (χ3v) is 2.95. The number of rotatable bonds is 4. The van der Waals surface area contributed by atoms with Gasteiger partial charge in [-0.05, 0) is 32.4 Å². The number of carbonyl (C=O) groups is 1. The highest BCUT2D eigenvalue weighted by Crippen LogP contribution is 2.25. The summed E-state index contributed by atoms with van der Waals surface area (Å²) in [4.78, 5) is 10.6. The van der Waals surface area contributed by atoms with Crippen LogP contribution >= 0.6 is 0 Å². The van der Waals surface area contributed by atoms with E-state index in [1.54, 1.807) is 39.0 Å². The first kappa shape index (κ1) is 12.9. The van der Waals surface area contributed by atoms with Crippen molar-refractivity contribution in [1.82, 2.24) is 0 Å². The van der Waals surface area contributed by atoms with Crippen LogP contribution in [0.1, 0.15) is 36.7 Å². The normalized spacial score (nSPS) is 15.6. The topological polar surface area (TPSA) is 57.5 Å². The molecule has 3 nitrogen and oxygen atoms in total. The molecule has 1 atom stereocenters. The Balaban J connectivity index is 2.92. The minimum absolute atomic E-state index is 0.304. The Kier molecular flexibility index (Phi) is 3.51. The number of hydrogen-bond donors (Lipinski definition) is 2. The maximum Gasteiger partial charge on any atom is 0.150 e. The van der Waals surface area contributed by atoms with E-state index in [-0.39, 0.29) is 0 Å². The lowest BCUT2D eigenvalue weighted by Gasteiger charge is -2.35. The molecule has 88 valence electrons. The van der Waals surface area contributed by atoms with E-state index in [0.29, 0.717) is 12.0 Å². The molecule has 1 aromatic carbocycles. The molecule has 0 aliphatic rings. The van der Waals surface area contributed by atoms with Crippen LogP contribution in [0.4, 0.5) is 0 Å². The van der Waals surface area contributed by atoms with Crippen molar-refractivity contribution in [3.8, 4) is 0 Å². The van der Waals surface area contributed by atoms with E-state index in [1.165, 1.54) is 0 Å². The van der Waals surface area contributed by atoms with Gasteiger partial charge in [-0.25, -0.2) is 0 Å². The Morgan fingerprint density at radius 2 is 1.88 bits per heavy atom. The molecule has 1 aromatic rings. The molecule has 3 heteroatoms. The van der Waals surface area contributed by atoms with E-state index < -0.39 is 11.2 Å². The molecular formula is C13H18O3. The summed E-state index contributed by atoms with van der Waals surface area (Å²) in [5.41, 5.74) is -1.01. The van der Waals surface area contributed by atoms with Crippen molar-refractivity contribution >= 4 is 6.29 Å². The first-order chi connectivity index (χ1) is 7.26. The first-order valence-corrected chi connectivity index (χ1v) is 5.25. The van der Waals surface area contributed by atoms with Crippen molar-refractivity contribution in [1.29, 1.82) is 0 Å². The molecule has 0 aliphatic carbocycles. The van der Waals surface area contributed by atoms with Gasteiger partial charge >= 0.3 is 0 Å². The van der Waals surface area contributed by atoms with E-state index in [9.17, 15) is 15.0 Å². The standard InChI is InChI=1S/C13H18O3/c1-12(2,15)13(3,16)8-10-5-4-6-11(7-10)9-14/h4-7,9,15-16H,8H2,1-3H3. The van der Waals surface area contributed by atoms with Gasteiger partial charge in [-0.15, -0.1) is 0 Å². The van der Waals surface area contributed by atoms with Crippen LogP contribution in [0.15, 0.2) is 24.3 Å². The summed E-state index contributed by atoms with van der Waals surface area (Å²) in [5, 5.41) is 19.9. The van der Waals surface area contributed by atoms with Crippen LogP contribution in [0.3, 0.4) is 0 Å². The lowest BCUT2D eigenvalue weighted by molar-refractivity contribution is -0.118. The Morgan fingerprint density at radius 3 is 2.38 bits per heavy atom. The van der Waals surface area contributed by atoms with Gasteiger partial charge in [0.05, 0.1) is 11.2 Å². The minimum atomic E-state index is -1.23. The number of aldehydes is 1. The summed E-state index contributed by atoms with van der Waals surface area (Å²) in [6, 6.07) is 7.01. The molecule has 0 fully saturated rings. The third-order valence-electron chi connectivity index (χ3n) is 2.95. The molecule has 0 spiro atoms. The molecule has 0 aliphatic heterocycles. The average molecular weight is 222 g/mol. The predicted molar refractivity (Wildman–Crippen MR) is 62.5 cm³/mol. The number of carbonyl (C=O) groups excluding carboxylic acids is 1. The number of aliphatic hydroxyl groups is 2. The van der Waals surface area contributed by atoms with Gasteiger partial charge in [-0.1, -0.05) is 18.2 Å². The van der Waals surface area contributed by atoms with Gasteiger partial charge < -0.3 is 10.2 Å². The van der Waals surface area contributed by atoms with Crippen molar-refractivity contribution < 1.29 is 15.0 Å². The fraction of sp³-hybridized carbons (Fsp3) is 0.462. The van der Waals surface area contributed by atoms with Gasteiger partial charge in [0.25, 0.3) is 0 Å². The van der Waals surface area contributed by atoms with E-state index in [1.807, 2.05) is 6.07 Å². The molecule has 0 saturated heterocycles. The number of benzene rings is 1. The minimum Gasteiger partial charge on any atom is -0.387 e. The molecule has 16 heavy (non-hydrogen) atoms. The second-order valence-electron chi connectivity index (χ2n) is 4.87. The first-order valence-electron chi connectivity index (χ1n) is 5.25. The lowest BCUT2D eigenvalue weighted by atomic mass is 9.82. The van der Waals surface area contributed by atoms with E-state index >= 15 is 0 Å². The molecule has 0 amide bonds. The monoisotopic (exact) mass is 222 g/mol. The van der Waals surface area contributed by atoms with Crippen LogP contribution in [0.5, 0.6) is 0 Å². The van der Waals surface area contributed by atoms with Gasteiger partial charge in [0.2, 0.25) is 0 Å². The van der Waals surface area contributed by atoms with Gasteiger partial charge in [-0.3, -0.25) is 4.79 Å². The van der Waals surface area contributed by atoms with Crippen molar-refractivity contribution in [2.75, 3.05) is 0 Å². The molecule has 0 saturated carbocycles.